The summed E-state index contributed by atoms with van der Waals surface area (Å²) in [6.07, 6.45) is 0. The first kappa shape index (κ1) is 19.8. The number of para-hydroxylation sites is 1. The second-order valence-electron chi connectivity index (χ2n) is 10.1. The van der Waals surface area contributed by atoms with Crippen molar-refractivity contribution in [3.05, 3.63) is 83.9 Å². The van der Waals surface area contributed by atoms with E-state index in [0.29, 0.717) is 11.8 Å². The largest absolute Gasteiger partial charge is 0.458 e. The first-order valence-electron chi connectivity index (χ1n) is 12.2. The second-order valence-corrected chi connectivity index (χ2v) is 10.1. The normalized spacial score (nSPS) is 14.2. The van der Waals surface area contributed by atoms with Crippen LogP contribution in [0.1, 0.15) is 50.7 Å². The Morgan fingerprint density at radius 1 is 0.618 bits per heavy atom. The summed E-state index contributed by atoms with van der Waals surface area (Å²) in [7, 11) is 0. The minimum atomic E-state index is 0.0982. The lowest BCUT2D eigenvalue weighted by Gasteiger charge is -2.43. The van der Waals surface area contributed by atoms with E-state index in [1.165, 1.54) is 38.9 Å². The highest BCUT2D eigenvalue weighted by molar-refractivity contribution is 7.00. The molecule has 4 aromatic rings. The first-order chi connectivity index (χ1) is 16.5. The Bertz CT molecular complexity index is 1390. The topological polar surface area (TPSA) is 21.7 Å². The molecule has 3 aliphatic rings. The molecule has 0 unspecified atom stereocenters. The highest BCUT2D eigenvalue weighted by Crippen LogP contribution is 2.48. The van der Waals surface area contributed by atoms with Crippen LogP contribution in [0, 0.1) is 0 Å². The third kappa shape index (κ3) is 2.49. The molecular formula is C30H26BNO2. The molecule has 3 aliphatic heterocycles. The van der Waals surface area contributed by atoms with Crippen LogP contribution in [0.5, 0.6) is 23.0 Å². The number of hydrogen-bond donors (Lipinski definition) is 0. The Balaban J connectivity index is 1.61. The Hall–Kier alpha value is -3.66. The Morgan fingerprint density at radius 3 is 1.65 bits per heavy atom. The van der Waals surface area contributed by atoms with E-state index in [9.17, 15) is 0 Å². The predicted octanol–water partition coefficient (Wildman–Crippen LogP) is 6.44. The summed E-state index contributed by atoms with van der Waals surface area (Å²) in [4.78, 5) is 2.35. The molecule has 4 aromatic carbocycles. The van der Waals surface area contributed by atoms with Gasteiger partial charge < -0.3 is 14.4 Å². The zero-order valence-corrected chi connectivity index (χ0v) is 19.9. The van der Waals surface area contributed by atoms with Crippen LogP contribution >= 0.6 is 0 Å². The summed E-state index contributed by atoms with van der Waals surface area (Å²) in [5.41, 5.74) is 9.68. The van der Waals surface area contributed by atoms with Gasteiger partial charge in [0.1, 0.15) is 23.0 Å². The fourth-order valence-corrected chi connectivity index (χ4v) is 5.91. The first-order valence-corrected chi connectivity index (χ1v) is 12.2. The van der Waals surface area contributed by atoms with Gasteiger partial charge in [-0.05, 0) is 76.4 Å². The van der Waals surface area contributed by atoms with Crippen LogP contribution in [-0.2, 0) is 0 Å². The van der Waals surface area contributed by atoms with Crippen molar-refractivity contribution in [3.8, 4) is 23.0 Å². The lowest BCUT2D eigenvalue weighted by Crippen LogP contribution is -2.62. The Labute approximate surface area is 201 Å². The number of nitrogens with zero attached hydrogens (tertiary/aromatic N) is 1. The fourth-order valence-electron chi connectivity index (χ4n) is 5.91. The van der Waals surface area contributed by atoms with Gasteiger partial charge in [0.25, 0.3) is 6.71 Å². The highest BCUT2D eigenvalue weighted by atomic mass is 16.5. The van der Waals surface area contributed by atoms with Crippen molar-refractivity contribution in [2.24, 2.45) is 0 Å². The van der Waals surface area contributed by atoms with Crippen LogP contribution in [0.4, 0.5) is 17.1 Å². The summed E-state index contributed by atoms with van der Waals surface area (Å²) in [5, 5.41) is 0. The van der Waals surface area contributed by atoms with Crippen LogP contribution in [0.3, 0.4) is 0 Å². The van der Waals surface area contributed by atoms with Crippen LogP contribution in [0.25, 0.3) is 0 Å². The van der Waals surface area contributed by atoms with Crippen LogP contribution in [0.15, 0.2) is 72.8 Å². The van der Waals surface area contributed by atoms with Crippen molar-refractivity contribution in [2.75, 3.05) is 4.90 Å². The SMILES string of the molecule is CC(C)c1cc(C(C)C)c2c3c1Oc1cccc4c1B3c1c(cccc1N4c1ccccc1)O2. The monoisotopic (exact) mass is 443 g/mol. The van der Waals surface area contributed by atoms with Gasteiger partial charge in [0.05, 0.1) is 0 Å². The molecule has 0 aromatic heterocycles. The zero-order valence-electron chi connectivity index (χ0n) is 19.9. The quantitative estimate of drug-likeness (QED) is 0.293. The molecule has 0 spiro atoms. The van der Waals surface area contributed by atoms with E-state index < -0.39 is 0 Å². The molecule has 34 heavy (non-hydrogen) atoms. The molecule has 3 nitrogen and oxygen atoms in total. The van der Waals surface area contributed by atoms with E-state index in [1.807, 2.05) is 0 Å². The molecule has 7 rings (SSSR count). The highest BCUT2D eigenvalue weighted by Gasteiger charge is 2.48. The van der Waals surface area contributed by atoms with E-state index >= 15 is 0 Å². The summed E-state index contributed by atoms with van der Waals surface area (Å²) >= 11 is 0. The fraction of sp³-hybridized carbons (Fsp3) is 0.200. The van der Waals surface area contributed by atoms with Gasteiger partial charge >= 0.3 is 0 Å². The molecule has 0 saturated carbocycles. The number of rotatable bonds is 3. The molecular weight excluding hydrogens is 417 g/mol. The van der Waals surface area contributed by atoms with E-state index in [2.05, 4.69) is 105 Å². The van der Waals surface area contributed by atoms with Gasteiger partial charge in [-0.2, -0.15) is 0 Å². The molecule has 0 atom stereocenters. The number of anilines is 3. The maximum Gasteiger partial charge on any atom is 0.266 e. The molecule has 0 bridgehead atoms. The third-order valence-electron chi connectivity index (χ3n) is 7.44. The van der Waals surface area contributed by atoms with Crippen LogP contribution < -0.4 is 30.8 Å². The van der Waals surface area contributed by atoms with Gasteiger partial charge in [0, 0.05) is 22.5 Å². The lowest BCUT2D eigenvalue weighted by atomic mass is 9.33. The van der Waals surface area contributed by atoms with Crippen molar-refractivity contribution < 1.29 is 9.47 Å². The molecule has 3 heterocycles. The smallest absolute Gasteiger partial charge is 0.266 e. The summed E-state index contributed by atoms with van der Waals surface area (Å²) < 4.78 is 13.5. The number of ether oxygens (including phenoxy) is 2. The van der Waals surface area contributed by atoms with Gasteiger partial charge in [0.15, 0.2) is 0 Å². The number of benzene rings is 4. The van der Waals surface area contributed by atoms with Gasteiger partial charge in [-0.1, -0.05) is 58.0 Å². The molecule has 0 radical (unpaired) electrons. The van der Waals surface area contributed by atoms with E-state index in [1.54, 1.807) is 0 Å². The van der Waals surface area contributed by atoms with Crippen molar-refractivity contribution in [1.29, 1.82) is 0 Å². The van der Waals surface area contributed by atoms with E-state index in [0.717, 1.165) is 28.7 Å². The minimum absolute atomic E-state index is 0.0982. The summed E-state index contributed by atoms with van der Waals surface area (Å²) in [5.74, 6) is 4.56. The van der Waals surface area contributed by atoms with E-state index in [4.69, 9.17) is 9.47 Å². The zero-order chi connectivity index (χ0) is 23.1. The van der Waals surface area contributed by atoms with Crippen molar-refractivity contribution in [3.63, 3.8) is 0 Å². The average molecular weight is 443 g/mol. The maximum atomic E-state index is 6.75. The van der Waals surface area contributed by atoms with Gasteiger partial charge in [-0.3, -0.25) is 0 Å². The maximum absolute atomic E-state index is 6.75. The molecule has 0 aliphatic carbocycles. The predicted molar refractivity (Wildman–Crippen MR) is 141 cm³/mol. The van der Waals surface area contributed by atoms with Crippen molar-refractivity contribution >= 4 is 40.2 Å². The van der Waals surface area contributed by atoms with Crippen LogP contribution in [0.2, 0.25) is 0 Å². The van der Waals surface area contributed by atoms with Crippen LogP contribution in [-0.4, -0.2) is 6.71 Å². The molecule has 0 saturated heterocycles. The summed E-state index contributed by atoms with van der Waals surface area (Å²) in [6, 6.07) is 25.8. The molecule has 0 amide bonds. The van der Waals surface area contributed by atoms with Crippen molar-refractivity contribution in [1.82, 2.24) is 0 Å². The third-order valence-corrected chi connectivity index (χ3v) is 7.44. The molecule has 0 fully saturated rings. The molecule has 0 N–H and O–H groups in total. The second kappa shape index (κ2) is 6.93. The van der Waals surface area contributed by atoms with Gasteiger partial charge in [-0.15, -0.1) is 0 Å². The Kier molecular flexibility index (Phi) is 4.03. The minimum Gasteiger partial charge on any atom is -0.458 e. The van der Waals surface area contributed by atoms with Gasteiger partial charge in [-0.25, -0.2) is 0 Å². The molecule has 4 heteroatoms. The standard InChI is InChI=1S/C30H26BNO2/c1-17(2)20-16-21(18(3)4)30-28-29(20)33-24-14-8-12-22-26(24)31(28)27-23(13-9-15-25(27)34-30)32(22)19-10-6-5-7-11-19/h5-18H,1-4H3. The lowest BCUT2D eigenvalue weighted by molar-refractivity contribution is 0.452. The van der Waals surface area contributed by atoms with Crippen molar-refractivity contribution in [2.45, 2.75) is 39.5 Å². The van der Waals surface area contributed by atoms with Gasteiger partial charge in [0.2, 0.25) is 0 Å². The molecule has 166 valence electrons. The number of hydrogen-bond acceptors (Lipinski definition) is 3. The Morgan fingerprint density at radius 2 is 1.15 bits per heavy atom. The average Bonchev–Trinajstić information content (AvgIpc) is 2.84. The summed E-state index contributed by atoms with van der Waals surface area (Å²) in [6.45, 7) is 9.09. The van der Waals surface area contributed by atoms with E-state index in [-0.39, 0.29) is 6.71 Å².